The molecule has 1 aliphatic rings. The highest BCUT2D eigenvalue weighted by Gasteiger charge is 2.31. The first kappa shape index (κ1) is 20.2. The minimum absolute atomic E-state index is 0.0589. The molecule has 0 bridgehead atoms. The molecule has 144 valence electrons. The predicted molar refractivity (Wildman–Crippen MR) is 103 cm³/mol. The number of amides is 1. The molecule has 0 spiro atoms. The topological polar surface area (TPSA) is 68.8 Å². The number of guanidine groups is 1. The molecule has 1 heterocycles. The van der Waals surface area contributed by atoms with Gasteiger partial charge in [0.05, 0.1) is 5.56 Å². The Morgan fingerprint density at radius 2 is 1.96 bits per heavy atom. The standard InChI is InChI=1S/C19H30FN5O/c1-13(2)25-11-14(3)17(12-25)24-19(21-4)23-10-9-22-18(26)15-7-5-6-8-16(15)20/h5-8,13-14,17H,9-12H2,1-4H3,(H,22,26)(H2,21,23,24). The summed E-state index contributed by atoms with van der Waals surface area (Å²) in [7, 11) is 1.73. The average molecular weight is 363 g/mol. The van der Waals surface area contributed by atoms with E-state index in [9.17, 15) is 9.18 Å². The molecule has 1 fully saturated rings. The summed E-state index contributed by atoms with van der Waals surface area (Å²) in [5, 5.41) is 9.36. The van der Waals surface area contributed by atoms with Gasteiger partial charge in [-0.05, 0) is 31.9 Å². The number of rotatable bonds is 6. The van der Waals surface area contributed by atoms with Gasteiger partial charge in [-0.2, -0.15) is 0 Å². The predicted octanol–water partition coefficient (Wildman–Crippen LogP) is 1.45. The van der Waals surface area contributed by atoms with Gasteiger partial charge in [-0.15, -0.1) is 0 Å². The molecule has 0 radical (unpaired) electrons. The molecular formula is C19H30FN5O. The summed E-state index contributed by atoms with van der Waals surface area (Å²) in [6.45, 7) is 9.61. The van der Waals surface area contributed by atoms with Crippen LogP contribution in [0.1, 0.15) is 31.1 Å². The van der Waals surface area contributed by atoms with Gasteiger partial charge in [-0.1, -0.05) is 19.1 Å². The van der Waals surface area contributed by atoms with Crippen molar-refractivity contribution in [1.29, 1.82) is 0 Å². The highest BCUT2D eigenvalue weighted by atomic mass is 19.1. The highest BCUT2D eigenvalue weighted by Crippen LogP contribution is 2.18. The average Bonchev–Trinajstić information content (AvgIpc) is 2.98. The van der Waals surface area contributed by atoms with Crippen molar-refractivity contribution in [1.82, 2.24) is 20.9 Å². The van der Waals surface area contributed by atoms with E-state index in [2.05, 4.69) is 46.6 Å². The molecule has 2 unspecified atom stereocenters. The van der Waals surface area contributed by atoms with Gasteiger partial charge >= 0.3 is 0 Å². The van der Waals surface area contributed by atoms with Crippen molar-refractivity contribution in [2.24, 2.45) is 10.9 Å². The Bertz CT molecular complexity index is 634. The van der Waals surface area contributed by atoms with Crippen molar-refractivity contribution in [2.45, 2.75) is 32.9 Å². The number of aliphatic imine (C=N–C) groups is 1. The Hall–Kier alpha value is -2.15. The third-order valence-electron chi connectivity index (χ3n) is 4.74. The van der Waals surface area contributed by atoms with Gasteiger partial charge in [-0.25, -0.2) is 4.39 Å². The largest absolute Gasteiger partial charge is 0.355 e. The summed E-state index contributed by atoms with van der Waals surface area (Å²) in [5.74, 6) is 0.328. The van der Waals surface area contributed by atoms with Gasteiger partial charge in [0, 0.05) is 45.3 Å². The Balaban J connectivity index is 1.74. The number of halogens is 1. The Kier molecular flexibility index (Phi) is 7.38. The van der Waals surface area contributed by atoms with Crippen molar-refractivity contribution in [2.75, 3.05) is 33.2 Å². The number of nitrogens with one attached hydrogen (secondary N) is 3. The van der Waals surface area contributed by atoms with Crippen LogP contribution in [0.4, 0.5) is 4.39 Å². The lowest BCUT2D eigenvalue weighted by molar-refractivity contribution is 0.0950. The molecule has 0 aromatic heterocycles. The van der Waals surface area contributed by atoms with E-state index in [4.69, 9.17) is 0 Å². The van der Waals surface area contributed by atoms with Crippen LogP contribution in [-0.2, 0) is 0 Å². The number of hydrogen-bond acceptors (Lipinski definition) is 3. The van der Waals surface area contributed by atoms with E-state index in [1.807, 2.05) is 0 Å². The lowest BCUT2D eigenvalue weighted by Gasteiger charge is -2.22. The molecular weight excluding hydrogens is 333 g/mol. The molecule has 26 heavy (non-hydrogen) atoms. The maximum atomic E-state index is 13.6. The van der Waals surface area contributed by atoms with E-state index >= 15 is 0 Å². The fourth-order valence-electron chi connectivity index (χ4n) is 3.08. The molecule has 2 rings (SSSR count). The molecule has 1 aliphatic heterocycles. The Morgan fingerprint density at radius 3 is 2.58 bits per heavy atom. The molecule has 2 atom stereocenters. The van der Waals surface area contributed by atoms with Crippen LogP contribution >= 0.6 is 0 Å². The van der Waals surface area contributed by atoms with E-state index in [0.29, 0.717) is 37.1 Å². The maximum Gasteiger partial charge on any atom is 0.254 e. The van der Waals surface area contributed by atoms with E-state index in [-0.39, 0.29) is 5.56 Å². The second-order valence-electron chi connectivity index (χ2n) is 7.01. The van der Waals surface area contributed by atoms with Crippen LogP contribution in [-0.4, -0.2) is 62.1 Å². The smallest absolute Gasteiger partial charge is 0.254 e. The van der Waals surface area contributed by atoms with Crippen molar-refractivity contribution >= 4 is 11.9 Å². The highest BCUT2D eigenvalue weighted by molar-refractivity contribution is 5.94. The number of carbonyl (C=O) groups excluding carboxylic acids is 1. The molecule has 1 amide bonds. The van der Waals surface area contributed by atoms with Crippen LogP contribution in [0.2, 0.25) is 0 Å². The number of nitrogens with zero attached hydrogens (tertiary/aromatic N) is 2. The normalized spacial score (nSPS) is 21.1. The zero-order chi connectivity index (χ0) is 19.1. The monoisotopic (exact) mass is 363 g/mol. The van der Waals surface area contributed by atoms with Gasteiger partial charge in [0.1, 0.15) is 5.82 Å². The lowest BCUT2D eigenvalue weighted by atomic mass is 10.1. The SMILES string of the molecule is CN=C(NCCNC(=O)c1ccccc1F)NC1CN(C(C)C)CC1C. The van der Waals surface area contributed by atoms with E-state index < -0.39 is 11.7 Å². The molecule has 1 aromatic carbocycles. The molecule has 1 saturated heterocycles. The summed E-state index contributed by atoms with van der Waals surface area (Å²) < 4.78 is 13.6. The lowest BCUT2D eigenvalue weighted by Crippen LogP contribution is -2.48. The minimum atomic E-state index is -0.514. The fraction of sp³-hybridized carbons (Fsp3) is 0.579. The first-order chi connectivity index (χ1) is 12.4. The third kappa shape index (κ3) is 5.42. The van der Waals surface area contributed by atoms with Gasteiger partial charge in [0.2, 0.25) is 0 Å². The van der Waals surface area contributed by atoms with Crippen LogP contribution in [0.3, 0.4) is 0 Å². The molecule has 6 nitrogen and oxygen atoms in total. The minimum Gasteiger partial charge on any atom is -0.355 e. The van der Waals surface area contributed by atoms with Crippen molar-refractivity contribution in [3.63, 3.8) is 0 Å². The van der Waals surface area contributed by atoms with Crippen LogP contribution in [0.5, 0.6) is 0 Å². The molecule has 0 saturated carbocycles. The fourth-order valence-corrected chi connectivity index (χ4v) is 3.08. The van der Waals surface area contributed by atoms with Crippen molar-refractivity contribution in [3.8, 4) is 0 Å². The Morgan fingerprint density at radius 1 is 1.27 bits per heavy atom. The van der Waals surface area contributed by atoms with Gasteiger partial charge in [-0.3, -0.25) is 14.7 Å². The van der Waals surface area contributed by atoms with Crippen LogP contribution in [0.25, 0.3) is 0 Å². The van der Waals surface area contributed by atoms with E-state index in [1.54, 1.807) is 19.2 Å². The first-order valence-corrected chi connectivity index (χ1v) is 9.16. The molecule has 1 aromatic rings. The summed E-state index contributed by atoms with van der Waals surface area (Å²) in [5.41, 5.74) is 0.0589. The van der Waals surface area contributed by atoms with E-state index in [1.165, 1.54) is 12.1 Å². The van der Waals surface area contributed by atoms with Crippen molar-refractivity contribution in [3.05, 3.63) is 35.6 Å². The van der Waals surface area contributed by atoms with Gasteiger partial charge in [0.15, 0.2) is 5.96 Å². The summed E-state index contributed by atoms with van der Waals surface area (Å²) in [6, 6.07) is 6.84. The Labute approximate surface area is 155 Å². The number of carbonyl (C=O) groups is 1. The first-order valence-electron chi connectivity index (χ1n) is 9.16. The number of benzene rings is 1. The maximum absolute atomic E-state index is 13.6. The molecule has 7 heteroatoms. The summed E-state index contributed by atoms with van der Waals surface area (Å²) in [6.07, 6.45) is 0. The van der Waals surface area contributed by atoms with Crippen molar-refractivity contribution < 1.29 is 9.18 Å². The zero-order valence-electron chi connectivity index (χ0n) is 16.1. The summed E-state index contributed by atoms with van der Waals surface area (Å²) in [4.78, 5) is 18.7. The van der Waals surface area contributed by atoms with Crippen LogP contribution < -0.4 is 16.0 Å². The number of hydrogen-bond donors (Lipinski definition) is 3. The summed E-state index contributed by atoms with van der Waals surface area (Å²) >= 11 is 0. The van der Waals surface area contributed by atoms with Gasteiger partial charge < -0.3 is 16.0 Å². The second-order valence-corrected chi connectivity index (χ2v) is 7.01. The van der Waals surface area contributed by atoms with Gasteiger partial charge in [0.25, 0.3) is 5.91 Å². The molecule has 0 aliphatic carbocycles. The second kappa shape index (κ2) is 9.52. The molecule has 3 N–H and O–H groups in total. The quantitative estimate of drug-likeness (QED) is 0.407. The number of likely N-dealkylation sites (tertiary alicyclic amines) is 1. The van der Waals surface area contributed by atoms with Crippen LogP contribution in [0, 0.1) is 11.7 Å². The zero-order valence-corrected chi connectivity index (χ0v) is 16.1. The third-order valence-corrected chi connectivity index (χ3v) is 4.74. The van der Waals surface area contributed by atoms with E-state index in [0.717, 1.165) is 13.1 Å². The van der Waals surface area contributed by atoms with Crippen LogP contribution in [0.15, 0.2) is 29.3 Å².